The molecule has 1 aromatic rings. The van der Waals surface area contributed by atoms with E-state index in [0.29, 0.717) is 0 Å². The second-order valence-corrected chi connectivity index (χ2v) is 2.00. The Bertz CT molecular complexity index is 280. The molecule has 0 fully saturated rings. The molecule has 0 aliphatic carbocycles. The van der Waals surface area contributed by atoms with E-state index >= 15 is 0 Å². The molecule has 0 saturated heterocycles. The molecule has 1 aliphatic rings. The maximum atomic E-state index is 10.0. The summed E-state index contributed by atoms with van der Waals surface area (Å²) < 4.78 is 0. The minimum atomic E-state index is -0.329. The minimum absolute atomic E-state index is 0.329. The van der Waals surface area contributed by atoms with Crippen molar-refractivity contribution < 1.29 is 9.59 Å². The largest absolute Gasteiger partial charge is 0.289 e. The summed E-state index contributed by atoms with van der Waals surface area (Å²) in [5.41, 5.74) is 0. The summed E-state index contributed by atoms with van der Waals surface area (Å²) in [7, 11) is 0. The van der Waals surface area contributed by atoms with E-state index in [-0.39, 0.29) is 11.8 Å². The zero-order valence-corrected chi connectivity index (χ0v) is 6.54. The Morgan fingerprint density at radius 2 is 1.54 bits per heavy atom. The first-order valence-electron chi connectivity index (χ1n) is 3.40. The van der Waals surface area contributed by atoms with Crippen LogP contribution >= 0.6 is 0 Å². The third-order valence-electron chi connectivity index (χ3n) is 1.04. The molecule has 1 N–H and O–H groups in total. The van der Waals surface area contributed by atoms with Gasteiger partial charge in [-0.05, 0) is 11.3 Å². The fourth-order valence-corrected chi connectivity index (χ4v) is 0.561. The van der Waals surface area contributed by atoms with Gasteiger partial charge in [-0.2, -0.15) is 0 Å². The van der Waals surface area contributed by atoms with Gasteiger partial charge in [-0.1, -0.05) is 0 Å². The van der Waals surface area contributed by atoms with Gasteiger partial charge in [0.2, 0.25) is 0 Å². The Morgan fingerprint density at radius 1 is 1.00 bits per heavy atom. The molecule has 66 valence electrons. The van der Waals surface area contributed by atoms with Crippen molar-refractivity contribution in [2.75, 3.05) is 0 Å². The van der Waals surface area contributed by atoms with Gasteiger partial charge in [-0.25, -0.2) is 0 Å². The SMILES string of the molecule is O=C1C=CC(=O)N1.c1cnnnc1. The summed E-state index contributed by atoms with van der Waals surface area (Å²) in [5.74, 6) is -0.657. The lowest BCUT2D eigenvalue weighted by atomic mass is 10.6. The molecule has 2 heterocycles. The lowest BCUT2D eigenvalue weighted by molar-refractivity contribution is -0.123. The summed E-state index contributed by atoms with van der Waals surface area (Å²) in [6, 6.07) is 1.72. The lowest BCUT2D eigenvalue weighted by Gasteiger charge is -1.80. The first-order valence-corrected chi connectivity index (χ1v) is 3.40. The number of hydrogen-bond acceptors (Lipinski definition) is 5. The molecule has 1 aromatic heterocycles. The van der Waals surface area contributed by atoms with Crippen LogP contribution in [0.1, 0.15) is 0 Å². The second-order valence-electron chi connectivity index (χ2n) is 2.00. The maximum Gasteiger partial charge on any atom is 0.250 e. The number of aromatic nitrogens is 3. The fourth-order valence-electron chi connectivity index (χ4n) is 0.561. The van der Waals surface area contributed by atoms with Crippen molar-refractivity contribution in [3.63, 3.8) is 0 Å². The molecule has 1 aliphatic heterocycles. The van der Waals surface area contributed by atoms with E-state index in [4.69, 9.17) is 0 Å². The fraction of sp³-hybridized carbons (Fsp3) is 0. The van der Waals surface area contributed by atoms with Crippen LogP contribution in [0.15, 0.2) is 30.6 Å². The highest BCUT2D eigenvalue weighted by Crippen LogP contribution is 1.82. The van der Waals surface area contributed by atoms with E-state index in [0.717, 1.165) is 0 Å². The number of nitrogens with one attached hydrogen (secondary N) is 1. The van der Waals surface area contributed by atoms with Gasteiger partial charge in [0, 0.05) is 12.2 Å². The Labute approximate surface area is 73.7 Å². The zero-order valence-electron chi connectivity index (χ0n) is 6.54. The Balaban J connectivity index is 0.000000132. The van der Waals surface area contributed by atoms with Crippen LogP contribution < -0.4 is 5.32 Å². The number of nitrogens with zero attached hydrogens (tertiary/aromatic N) is 3. The quantitative estimate of drug-likeness (QED) is 0.519. The van der Waals surface area contributed by atoms with Gasteiger partial charge in [-0.3, -0.25) is 14.9 Å². The van der Waals surface area contributed by atoms with Crippen LogP contribution in [0.2, 0.25) is 0 Å². The lowest BCUT2D eigenvalue weighted by Crippen LogP contribution is -2.19. The van der Waals surface area contributed by atoms with Crippen molar-refractivity contribution in [1.82, 2.24) is 20.7 Å². The normalized spacial score (nSPS) is 13.2. The molecule has 0 radical (unpaired) electrons. The predicted octanol–water partition coefficient (Wildman–Crippen LogP) is -0.929. The van der Waals surface area contributed by atoms with Crippen molar-refractivity contribution in [3.8, 4) is 0 Å². The van der Waals surface area contributed by atoms with Crippen molar-refractivity contribution >= 4 is 11.8 Å². The third kappa shape index (κ3) is 3.71. The average molecular weight is 178 g/mol. The number of carbonyl (C=O) groups excluding carboxylic acids is 2. The molecule has 2 rings (SSSR count). The summed E-state index contributed by atoms with van der Waals surface area (Å²) >= 11 is 0. The standard InChI is InChI=1S/C4H3NO2.C3H3N3/c6-3-1-2-4(7)5-3;1-2-4-6-5-3-1/h1-2H,(H,5,6,7);1-3H. The second kappa shape index (κ2) is 4.70. The van der Waals surface area contributed by atoms with Gasteiger partial charge < -0.3 is 0 Å². The Hall–Kier alpha value is -2.11. The summed E-state index contributed by atoms with van der Waals surface area (Å²) in [6.45, 7) is 0. The Kier molecular flexibility index (Phi) is 3.25. The monoisotopic (exact) mass is 178 g/mol. The number of imide groups is 1. The maximum absolute atomic E-state index is 10.0. The molecule has 0 spiro atoms. The predicted molar refractivity (Wildman–Crippen MR) is 42.1 cm³/mol. The van der Waals surface area contributed by atoms with Gasteiger partial charge >= 0.3 is 0 Å². The summed E-state index contributed by atoms with van der Waals surface area (Å²) in [6.07, 6.45) is 5.55. The number of rotatable bonds is 0. The average Bonchev–Trinajstić information content (AvgIpc) is 2.54. The van der Waals surface area contributed by atoms with E-state index < -0.39 is 0 Å². The third-order valence-corrected chi connectivity index (χ3v) is 1.04. The highest BCUT2D eigenvalue weighted by Gasteiger charge is 2.06. The van der Waals surface area contributed by atoms with Crippen LogP contribution in [0.5, 0.6) is 0 Å². The summed E-state index contributed by atoms with van der Waals surface area (Å²) in [5, 5.41) is 12.2. The van der Waals surface area contributed by atoms with Crippen molar-refractivity contribution in [1.29, 1.82) is 0 Å². The van der Waals surface area contributed by atoms with E-state index in [2.05, 4.69) is 15.4 Å². The van der Waals surface area contributed by atoms with Crippen LogP contribution in [-0.4, -0.2) is 27.2 Å². The van der Waals surface area contributed by atoms with E-state index in [1.54, 1.807) is 18.5 Å². The molecule has 0 bridgehead atoms. The van der Waals surface area contributed by atoms with Crippen LogP contribution in [0, 0.1) is 0 Å². The molecular weight excluding hydrogens is 172 g/mol. The highest BCUT2D eigenvalue weighted by molar-refractivity contribution is 6.12. The van der Waals surface area contributed by atoms with Gasteiger partial charge in [0.25, 0.3) is 11.8 Å². The number of hydrogen-bond donors (Lipinski definition) is 1. The summed E-state index contributed by atoms with van der Waals surface area (Å²) in [4.78, 5) is 20.1. The van der Waals surface area contributed by atoms with E-state index in [1.807, 2.05) is 5.32 Å². The van der Waals surface area contributed by atoms with E-state index in [9.17, 15) is 9.59 Å². The first kappa shape index (κ1) is 8.98. The van der Waals surface area contributed by atoms with E-state index in [1.165, 1.54) is 12.2 Å². The van der Waals surface area contributed by atoms with Crippen molar-refractivity contribution in [2.45, 2.75) is 0 Å². The van der Waals surface area contributed by atoms with Crippen LogP contribution in [0.25, 0.3) is 0 Å². The zero-order chi connectivity index (χ0) is 9.52. The molecule has 0 saturated carbocycles. The van der Waals surface area contributed by atoms with Crippen molar-refractivity contribution in [2.24, 2.45) is 0 Å². The first-order chi connectivity index (χ1) is 6.29. The molecule has 0 atom stereocenters. The molecular formula is C7H6N4O2. The highest BCUT2D eigenvalue weighted by atomic mass is 16.2. The van der Waals surface area contributed by atoms with Gasteiger partial charge in [-0.15, -0.1) is 10.2 Å². The van der Waals surface area contributed by atoms with Crippen LogP contribution in [0.3, 0.4) is 0 Å². The molecule has 0 aromatic carbocycles. The molecule has 13 heavy (non-hydrogen) atoms. The smallest absolute Gasteiger partial charge is 0.250 e. The van der Waals surface area contributed by atoms with Crippen LogP contribution in [0.4, 0.5) is 0 Å². The topological polar surface area (TPSA) is 84.8 Å². The van der Waals surface area contributed by atoms with Crippen molar-refractivity contribution in [3.05, 3.63) is 30.6 Å². The molecule has 6 heteroatoms. The van der Waals surface area contributed by atoms with Gasteiger partial charge in [0.1, 0.15) is 0 Å². The van der Waals surface area contributed by atoms with Gasteiger partial charge in [0.15, 0.2) is 0 Å². The van der Waals surface area contributed by atoms with Gasteiger partial charge in [0.05, 0.1) is 12.4 Å². The Morgan fingerprint density at radius 3 is 1.69 bits per heavy atom. The van der Waals surface area contributed by atoms with Crippen LogP contribution in [-0.2, 0) is 9.59 Å². The molecule has 0 unspecified atom stereocenters. The molecule has 6 nitrogen and oxygen atoms in total. The minimum Gasteiger partial charge on any atom is -0.289 e. The number of amides is 2. The number of carbonyl (C=O) groups is 2. The molecule has 2 amide bonds.